The average Bonchev–Trinajstić information content (AvgIpc) is 2.77. The van der Waals surface area contributed by atoms with Gasteiger partial charge in [0, 0.05) is 5.56 Å². The minimum Gasteiger partial charge on any atom is -0.378 e. The van der Waals surface area contributed by atoms with Crippen LogP contribution in [0.1, 0.15) is 31.9 Å². The predicted octanol–water partition coefficient (Wildman–Crippen LogP) is 5.08. The maximum atomic E-state index is 13.2. The normalized spacial score (nSPS) is 14.1. The van der Waals surface area contributed by atoms with Gasteiger partial charge in [-0.15, -0.1) is 0 Å². The highest BCUT2D eigenvalue weighted by molar-refractivity contribution is 7.91. The fourth-order valence-electron chi connectivity index (χ4n) is 3.14. The van der Waals surface area contributed by atoms with Gasteiger partial charge in [-0.1, -0.05) is 60.4 Å². The molecule has 0 saturated carbocycles. The number of aliphatic hydroxyl groups is 2. The molecular weight excluding hydrogens is 465 g/mol. The van der Waals surface area contributed by atoms with Crippen LogP contribution in [0.25, 0.3) is 11.1 Å². The standard InChI is InChI=1S/C26H23F3O4S/c1-24(2,30)16-15-20-17-19(11-14-23(20)34(32,33)22-7-5-4-6-8-22)18-9-12-21(13-10-18)25(3,31)26(27,28)29/h4-14,17,30-31H,1-3H3/t25-/m1/s1. The van der Waals surface area contributed by atoms with Gasteiger partial charge in [0.1, 0.15) is 5.60 Å². The molecule has 1 atom stereocenters. The summed E-state index contributed by atoms with van der Waals surface area (Å²) in [6.45, 7) is 3.59. The monoisotopic (exact) mass is 488 g/mol. The molecule has 0 aliphatic carbocycles. The van der Waals surface area contributed by atoms with Crippen molar-refractivity contribution in [1.29, 1.82) is 0 Å². The highest BCUT2D eigenvalue weighted by Crippen LogP contribution is 2.39. The summed E-state index contributed by atoms with van der Waals surface area (Å²) >= 11 is 0. The first kappa shape index (κ1) is 25.5. The molecule has 8 heteroatoms. The van der Waals surface area contributed by atoms with E-state index in [9.17, 15) is 31.8 Å². The molecule has 4 nitrogen and oxygen atoms in total. The topological polar surface area (TPSA) is 74.6 Å². The van der Waals surface area contributed by atoms with Gasteiger partial charge < -0.3 is 10.2 Å². The zero-order valence-corrected chi connectivity index (χ0v) is 19.5. The van der Waals surface area contributed by atoms with Crippen molar-refractivity contribution in [1.82, 2.24) is 0 Å². The van der Waals surface area contributed by atoms with Gasteiger partial charge in [-0.25, -0.2) is 8.42 Å². The molecule has 3 aromatic rings. The Labute approximate surface area is 196 Å². The molecule has 0 aliphatic rings. The Morgan fingerprint density at radius 2 is 1.35 bits per heavy atom. The van der Waals surface area contributed by atoms with Gasteiger partial charge in [0.05, 0.1) is 9.79 Å². The number of rotatable bonds is 4. The van der Waals surface area contributed by atoms with E-state index in [0.29, 0.717) is 18.1 Å². The van der Waals surface area contributed by atoms with Crippen molar-refractivity contribution in [2.45, 2.75) is 47.9 Å². The van der Waals surface area contributed by atoms with E-state index < -0.39 is 27.2 Å². The van der Waals surface area contributed by atoms with Crippen molar-refractivity contribution < 1.29 is 31.8 Å². The Balaban J connectivity index is 2.12. The molecule has 0 spiro atoms. The summed E-state index contributed by atoms with van der Waals surface area (Å²) in [4.78, 5) is 0.0172. The third kappa shape index (κ3) is 5.33. The van der Waals surface area contributed by atoms with Crippen LogP contribution in [-0.4, -0.2) is 30.4 Å². The number of hydrogen-bond acceptors (Lipinski definition) is 4. The molecule has 0 unspecified atom stereocenters. The lowest BCUT2D eigenvalue weighted by atomic mass is 9.93. The van der Waals surface area contributed by atoms with Crippen LogP contribution >= 0.6 is 0 Å². The minimum absolute atomic E-state index is 0.0594. The smallest absolute Gasteiger partial charge is 0.378 e. The fraction of sp³-hybridized carbons (Fsp3) is 0.231. The van der Waals surface area contributed by atoms with Crippen molar-refractivity contribution in [3.05, 3.63) is 83.9 Å². The van der Waals surface area contributed by atoms with E-state index in [2.05, 4.69) is 11.8 Å². The summed E-state index contributed by atoms with van der Waals surface area (Å²) in [5.41, 5.74) is -3.58. The molecule has 178 valence electrons. The fourth-order valence-corrected chi connectivity index (χ4v) is 4.56. The number of hydrogen-bond donors (Lipinski definition) is 2. The van der Waals surface area contributed by atoms with Crippen LogP contribution in [0.5, 0.6) is 0 Å². The van der Waals surface area contributed by atoms with E-state index in [4.69, 9.17) is 0 Å². The van der Waals surface area contributed by atoms with Crippen molar-refractivity contribution in [3.8, 4) is 23.0 Å². The molecule has 0 aliphatic heterocycles. The number of halogens is 3. The molecular formula is C26H23F3O4S. The maximum Gasteiger partial charge on any atom is 0.421 e. The highest BCUT2D eigenvalue weighted by atomic mass is 32.2. The van der Waals surface area contributed by atoms with Gasteiger partial charge in [-0.05, 0) is 61.7 Å². The van der Waals surface area contributed by atoms with Crippen molar-refractivity contribution in [2.24, 2.45) is 0 Å². The molecule has 0 bridgehead atoms. The SMILES string of the molecule is CC(C)(O)C#Cc1cc(-c2ccc([C@@](C)(O)C(F)(F)F)cc2)ccc1S(=O)(=O)c1ccccc1. The summed E-state index contributed by atoms with van der Waals surface area (Å²) < 4.78 is 65.8. The zero-order valence-electron chi connectivity index (χ0n) is 18.7. The Morgan fingerprint density at radius 1 is 0.794 bits per heavy atom. The van der Waals surface area contributed by atoms with E-state index in [0.717, 1.165) is 0 Å². The van der Waals surface area contributed by atoms with Crippen LogP contribution in [0.15, 0.2) is 82.6 Å². The van der Waals surface area contributed by atoms with Gasteiger partial charge in [0.2, 0.25) is 9.84 Å². The summed E-state index contributed by atoms with van der Waals surface area (Å²) in [6.07, 6.45) is -4.85. The van der Waals surface area contributed by atoms with E-state index in [1.807, 2.05) is 0 Å². The molecule has 3 aromatic carbocycles. The van der Waals surface area contributed by atoms with Gasteiger partial charge in [-0.2, -0.15) is 13.2 Å². The van der Waals surface area contributed by atoms with Crippen molar-refractivity contribution >= 4 is 9.84 Å². The Bertz CT molecular complexity index is 1340. The summed E-state index contributed by atoms with van der Waals surface area (Å²) in [5, 5.41) is 19.9. The van der Waals surface area contributed by atoms with E-state index in [1.165, 1.54) is 68.4 Å². The molecule has 0 heterocycles. The summed E-state index contributed by atoms with van der Waals surface area (Å²) in [7, 11) is -3.92. The number of alkyl halides is 3. The quantitative estimate of drug-likeness (QED) is 0.503. The van der Waals surface area contributed by atoms with Gasteiger partial charge in [0.15, 0.2) is 5.60 Å². The van der Waals surface area contributed by atoms with Crippen molar-refractivity contribution in [2.75, 3.05) is 0 Å². The lowest BCUT2D eigenvalue weighted by Crippen LogP contribution is -2.39. The Hall–Kier alpha value is -3.12. The van der Waals surface area contributed by atoms with Gasteiger partial charge in [0.25, 0.3) is 0 Å². The molecule has 3 rings (SSSR count). The van der Waals surface area contributed by atoms with Gasteiger partial charge >= 0.3 is 6.18 Å². The Kier molecular flexibility index (Phi) is 6.68. The van der Waals surface area contributed by atoms with Crippen LogP contribution in [0.3, 0.4) is 0 Å². The second-order valence-electron chi connectivity index (χ2n) is 8.48. The van der Waals surface area contributed by atoms with Crippen LogP contribution in [0.4, 0.5) is 13.2 Å². The first-order valence-corrected chi connectivity index (χ1v) is 11.7. The van der Waals surface area contributed by atoms with E-state index in [1.54, 1.807) is 18.2 Å². The van der Waals surface area contributed by atoms with E-state index in [-0.39, 0.29) is 20.9 Å². The largest absolute Gasteiger partial charge is 0.421 e. The van der Waals surface area contributed by atoms with E-state index >= 15 is 0 Å². The van der Waals surface area contributed by atoms with Crippen LogP contribution in [-0.2, 0) is 15.4 Å². The molecule has 34 heavy (non-hydrogen) atoms. The third-order valence-corrected chi connectivity index (χ3v) is 6.99. The number of benzene rings is 3. The first-order valence-electron chi connectivity index (χ1n) is 10.2. The predicted molar refractivity (Wildman–Crippen MR) is 123 cm³/mol. The van der Waals surface area contributed by atoms with Gasteiger partial charge in [-0.3, -0.25) is 0 Å². The third-order valence-electron chi connectivity index (χ3n) is 5.16. The minimum atomic E-state index is -4.85. The van der Waals surface area contributed by atoms with Crippen molar-refractivity contribution in [3.63, 3.8) is 0 Å². The first-order chi connectivity index (χ1) is 15.6. The lowest BCUT2D eigenvalue weighted by molar-refractivity contribution is -0.258. The highest BCUT2D eigenvalue weighted by Gasteiger charge is 2.51. The summed E-state index contributed by atoms with van der Waals surface area (Å²) in [5.74, 6) is 5.34. The Morgan fingerprint density at radius 3 is 1.88 bits per heavy atom. The lowest BCUT2D eigenvalue weighted by Gasteiger charge is -2.26. The second-order valence-corrected chi connectivity index (χ2v) is 10.4. The molecule has 0 aromatic heterocycles. The molecule has 0 radical (unpaired) electrons. The van der Waals surface area contributed by atoms with Crippen LogP contribution in [0, 0.1) is 11.8 Å². The molecule has 0 fully saturated rings. The van der Waals surface area contributed by atoms with Crippen LogP contribution < -0.4 is 0 Å². The maximum absolute atomic E-state index is 13.2. The van der Waals surface area contributed by atoms with Crippen LogP contribution in [0.2, 0.25) is 0 Å². The second kappa shape index (κ2) is 8.91. The zero-order chi connectivity index (χ0) is 25.4. The number of sulfone groups is 1. The molecule has 0 amide bonds. The average molecular weight is 489 g/mol. The summed E-state index contributed by atoms with van der Waals surface area (Å²) in [6, 6.07) is 17.4. The molecule has 0 saturated heterocycles. The molecule has 2 N–H and O–H groups in total.